The minimum Gasteiger partial charge on any atom is -0.366 e. The molecule has 4 nitrogen and oxygen atoms in total. The summed E-state index contributed by atoms with van der Waals surface area (Å²) in [7, 11) is 0. The molecule has 1 amide bonds. The second-order valence-electron chi connectivity index (χ2n) is 4.81. The van der Waals surface area contributed by atoms with E-state index in [1.54, 1.807) is 12.3 Å². The predicted molar refractivity (Wildman–Crippen MR) is 88.2 cm³/mol. The molecule has 1 heterocycles. The monoisotopic (exact) mass is 309 g/mol. The van der Waals surface area contributed by atoms with Crippen LogP contribution in [0.15, 0.2) is 55.2 Å². The number of nitrogens with zero attached hydrogens (tertiary/aromatic N) is 2. The molecule has 0 aliphatic heterocycles. The summed E-state index contributed by atoms with van der Waals surface area (Å²) in [5.74, 6) is -0.541. The van der Waals surface area contributed by atoms with Crippen LogP contribution >= 0.6 is 11.6 Å². The van der Waals surface area contributed by atoms with Gasteiger partial charge < -0.3 is 5.73 Å². The van der Waals surface area contributed by atoms with Crippen LogP contribution in [0.25, 0.3) is 27.6 Å². The highest BCUT2D eigenvalue weighted by atomic mass is 35.5. The van der Waals surface area contributed by atoms with Crippen molar-refractivity contribution in [3.8, 4) is 11.1 Å². The fourth-order valence-corrected chi connectivity index (χ4v) is 2.42. The van der Waals surface area contributed by atoms with E-state index in [1.807, 2.05) is 36.4 Å². The number of rotatable bonds is 3. The molecule has 2 N–H and O–H groups in total. The molecule has 0 aliphatic carbocycles. The Labute approximate surface area is 132 Å². The van der Waals surface area contributed by atoms with Gasteiger partial charge in [-0.3, -0.25) is 4.79 Å². The van der Waals surface area contributed by atoms with Gasteiger partial charge in [0.1, 0.15) is 0 Å². The number of benzene rings is 2. The van der Waals surface area contributed by atoms with Gasteiger partial charge in [0.15, 0.2) is 0 Å². The first-order chi connectivity index (χ1) is 10.6. The fraction of sp³-hybridized carbons (Fsp3) is 0. The maximum absolute atomic E-state index is 11.3. The summed E-state index contributed by atoms with van der Waals surface area (Å²) in [6, 6.07) is 13.2. The van der Waals surface area contributed by atoms with Crippen LogP contribution in [-0.4, -0.2) is 15.9 Å². The van der Waals surface area contributed by atoms with Crippen molar-refractivity contribution in [1.82, 2.24) is 9.97 Å². The van der Waals surface area contributed by atoms with Crippen molar-refractivity contribution in [2.45, 2.75) is 0 Å². The number of nitrogens with two attached hydrogens (primary N) is 1. The molecule has 5 heteroatoms. The lowest BCUT2D eigenvalue weighted by molar-refractivity contribution is -0.112. The molecule has 3 rings (SSSR count). The fourth-order valence-electron chi connectivity index (χ4n) is 2.28. The quantitative estimate of drug-likeness (QED) is 0.595. The van der Waals surface area contributed by atoms with Gasteiger partial charge in [-0.25, -0.2) is 9.97 Å². The number of carbonyl (C=O) groups is 1. The molecule has 0 aliphatic rings. The molecule has 0 saturated carbocycles. The number of carbonyl (C=O) groups excluding carboxylic acids is 1. The van der Waals surface area contributed by atoms with E-state index < -0.39 is 5.91 Å². The zero-order valence-electron chi connectivity index (χ0n) is 11.6. The zero-order valence-corrected chi connectivity index (χ0v) is 12.3. The lowest BCUT2D eigenvalue weighted by atomic mass is 9.98. The first kappa shape index (κ1) is 14.2. The highest BCUT2D eigenvalue weighted by Gasteiger charge is 2.10. The Morgan fingerprint density at radius 2 is 1.95 bits per heavy atom. The average molecular weight is 310 g/mol. The predicted octanol–water partition coefficient (Wildman–Crippen LogP) is 3.45. The van der Waals surface area contributed by atoms with Crippen molar-refractivity contribution >= 4 is 34.0 Å². The molecule has 0 atom stereocenters. The summed E-state index contributed by atoms with van der Waals surface area (Å²) < 4.78 is 0. The van der Waals surface area contributed by atoms with Crippen LogP contribution in [0.1, 0.15) is 5.56 Å². The Bertz CT molecular complexity index is 905. The van der Waals surface area contributed by atoms with Gasteiger partial charge in [-0.15, -0.1) is 0 Å². The number of fused-ring (bicyclic) bond motifs is 1. The Balaban J connectivity index is 2.20. The third-order valence-electron chi connectivity index (χ3n) is 3.40. The van der Waals surface area contributed by atoms with Crippen LogP contribution in [0.5, 0.6) is 0 Å². The number of hydrogen-bond donors (Lipinski definition) is 1. The average Bonchev–Trinajstić information content (AvgIpc) is 2.53. The minimum atomic E-state index is -0.541. The van der Waals surface area contributed by atoms with Crippen molar-refractivity contribution in [1.29, 1.82) is 0 Å². The Hall–Kier alpha value is -2.72. The molecular formula is C17H12ClN3O. The van der Waals surface area contributed by atoms with Gasteiger partial charge >= 0.3 is 0 Å². The lowest BCUT2D eigenvalue weighted by Crippen LogP contribution is -2.11. The molecule has 22 heavy (non-hydrogen) atoms. The van der Waals surface area contributed by atoms with Crippen molar-refractivity contribution in [2.75, 3.05) is 0 Å². The first-order valence-electron chi connectivity index (χ1n) is 6.57. The standard InChI is InChI=1S/C17H12ClN3O/c1-10(16(19)22)11-4-2-5-12(8-11)14-7-3-6-13-9-20-17(18)21-15(13)14/h2-9H,1H2,(H2,19,22). The van der Waals surface area contributed by atoms with Crippen molar-refractivity contribution < 1.29 is 4.79 Å². The number of hydrogen-bond acceptors (Lipinski definition) is 3. The van der Waals surface area contributed by atoms with E-state index in [9.17, 15) is 4.79 Å². The largest absolute Gasteiger partial charge is 0.366 e. The van der Waals surface area contributed by atoms with Gasteiger partial charge in [0.25, 0.3) is 0 Å². The third kappa shape index (κ3) is 2.56. The number of halogens is 1. The molecule has 0 spiro atoms. The summed E-state index contributed by atoms with van der Waals surface area (Å²) in [5, 5.41) is 1.08. The first-order valence-corrected chi connectivity index (χ1v) is 6.95. The van der Waals surface area contributed by atoms with E-state index in [1.165, 1.54) is 0 Å². The Morgan fingerprint density at radius 3 is 2.73 bits per heavy atom. The van der Waals surface area contributed by atoms with Gasteiger partial charge in [0.05, 0.1) is 5.52 Å². The van der Waals surface area contributed by atoms with E-state index in [0.29, 0.717) is 5.56 Å². The molecule has 0 fully saturated rings. The molecule has 1 aromatic heterocycles. The molecule has 2 aromatic carbocycles. The Morgan fingerprint density at radius 1 is 1.18 bits per heavy atom. The van der Waals surface area contributed by atoms with Crippen LogP contribution in [0.4, 0.5) is 0 Å². The summed E-state index contributed by atoms with van der Waals surface area (Å²) in [6.07, 6.45) is 1.68. The van der Waals surface area contributed by atoms with Crippen molar-refractivity contribution in [3.05, 3.63) is 66.1 Å². The van der Waals surface area contributed by atoms with Crippen LogP contribution in [0.2, 0.25) is 5.28 Å². The molecule has 108 valence electrons. The maximum Gasteiger partial charge on any atom is 0.248 e. The number of amides is 1. The van der Waals surface area contributed by atoms with Gasteiger partial charge in [-0.05, 0) is 28.8 Å². The number of para-hydroxylation sites is 1. The highest BCUT2D eigenvalue weighted by molar-refractivity contribution is 6.28. The van der Waals surface area contributed by atoms with E-state index >= 15 is 0 Å². The lowest BCUT2D eigenvalue weighted by Gasteiger charge is -2.08. The third-order valence-corrected chi connectivity index (χ3v) is 3.58. The summed E-state index contributed by atoms with van der Waals surface area (Å²) in [4.78, 5) is 19.6. The van der Waals surface area contributed by atoms with Crippen LogP contribution < -0.4 is 5.73 Å². The molecule has 0 unspecified atom stereocenters. The van der Waals surface area contributed by atoms with E-state index in [-0.39, 0.29) is 10.9 Å². The minimum absolute atomic E-state index is 0.192. The molecule has 0 saturated heterocycles. The van der Waals surface area contributed by atoms with Gasteiger partial charge in [0.2, 0.25) is 11.2 Å². The van der Waals surface area contributed by atoms with Crippen LogP contribution in [-0.2, 0) is 4.79 Å². The van der Waals surface area contributed by atoms with Crippen LogP contribution in [0.3, 0.4) is 0 Å². The number of primary amides is 1. The molecule has 0 bridgehead atoms. The van der Waals surface area contributed by atoms with Crippen molar-refractivity contribution in [2.24, 2.45) is 5.73 Å². The maximum atomic E-state index is 11.3. The molecular weight excluding hydrogens is 298 g/mol. The Kier molecular flexibility index (Phi) is 3.61. The normalized spacial score (nSPS) is 10.6. The zero-order chi connectivity index (χ0) is 15.7. The second-order valence-corrected chi connectivity index (χ2v) is 5.14. The van der Waals surface area contributed by atoms with Gasteiger partial charge in [0, 0.05) is 22.7 Å². The van der Waals surface area contributed by atoms with E-state index in [4.69, 9.17) is 17.3 Å². The number of aromatic nitrogens is 2. The van der Waals surface area contributed by atoms with E-state index in [2.05, 4.69) is 16.5 Å². The smallest absolute Gasteiger partial charge is 0.248 e. The van der Waals surface area contributed by atoms with Gasteiger partial charge in [-0.1, -0.05) is 43.0 Å². The van der Waals surface area contributed by atoms with Crippen LogP contribution in [0, 0.1) is 0 Å². The molecule has 0 radical (unpaired) electrons. The molecule has 3 aromatic rings. The van der Waals surface area contributed by atoms with Gasteiger partial charge in [-0.2, -0.15) is 0 Å². The highest BCUT2D eigenvalue weighted by Crippen LogP contribution is 2.29. The topological polar surface area (TPSA) is 68.9 Å². The van der Waals surface area contributed by atoms with E-state index in [0.717, 1.165) is 22.0 Å². The summed E-state index contributed by atoms with van der Waals surface area (Å²) in [5.41, 5.74) is 8.81. The second kappa shape index (κ2) is 5.58. The summed E-state index contributed by atoms with van der Waals surface area (Å²) >= 11 is 5.90. The van der Waals surface area contributed by atoms with Crippen molar-refractivity contribution in [3.63, 3.8) is 0 Å². The SMILES string of the molecule is C=C(C(N)=O)c1cccc(-c2cccc3cnc(Cl)nc23)c1. The summed E-state index contributed by atoms with van der Waals surface area (Å²) in [6.45, 7) is 3.71.